The predicted molar refractivity (Wildman–Crippen MR) is 49.7 cm³/mol. The zero-order valence-corrected chi connectivity index (χ0v) is 8.62. The Morgan fingerprint density at radius 1 is 1.33 bits per heavy atom. The highest BCUT2D eigenvalue weighted by Crippen LogP contribution is 2.06. The molecule has 0 aliphatic rings. The van der Waals surface area contributed by atoms with Gasteiger partial charge in [-0.1, -0.05) is 0 Å². The van der Waals surface area contributed by atoms with Crippen LogP contribution in [0.5, 0.6) is 0 Å². The van der Waals surface area contributed by atoms with Gasteiger partial charge >= 0.3 is 0 Å². The molecule has 0 aliphatic heterocycles. The highest BCUT2D eigenvalue weighted by Gasteiger charge is 2.31. The van der Waals surface area contributed by atoms with Crippen molar-refractivity contribution in [1.29, 1.82) is 0 Å². The van der Waals surface area contributed by atoms with Gasteiger partial charge < -0.3 is 30.5 Å². The quantitative estimate of drug-likeness (QED) is 0.310. The summed E-state index contributed by atoms with van der Waals surface area (Å²) >= 11 is 0. The number of carbonyl (C=O) groups excluding carboxylic acids is 1. The third-order valence-corrected chi connectivity index (χ3v) is 1.89. The Balaban J connectivity index is 4.28. The molecule has 0 aromatic carbocycles. The molecule has 0 aliphatic carbocycles. The van der Waals surface area contributed by atoms with E-state index in [0.717, 1.165) is 6.92 Å². The van der Waals surface area contributed by atoms with E-state index in [1.807, 2.05) is 5.32 Å². The second-order valence-electron chi connectivity index (χ2n) is 3.08. The molecule has 0 rings (SSSR count). The van der Waals surface area contributed by atoms with E-state index in [4.69, 9.17) is 5.11 Å². The van der Waals surface area contributed by atoms with Crippen molar-refractivity contribution in [1.82, 2.24) is 5.32 Å². The third kappa shape index (κ3) is 4.54. The van der Waals surface area contributed by atoms with E-state index in [9.17, 15) is 20.1 Å². The van der Waals surface area contributed by atoms with Crippen molar-refractivity contribution in [3.8, 4) is 0 Å². The summed E-state index contributed by atoms with van der Waals surface area (Å²) in [5.41, 5.74) is 0. The number of methoxy groups -OCH3 is 1. The minimum absolute atomic E-state index is 0.512. The molecule has 7 heteroatoms. The molecular formula is C8H17NO6. The molecule has 4 unspecified atom stereocenters. The Morgan fingerprint density at radius 3 is 2.20 bits per heavy atom. The van der Waals surface area contributed by atoms with E-state index < -0.39 is 37.1 Å². The molecule has 90 valence electrons. The van der Waals surface area contributed by atoms with Gasteiger partial charge in [0.05, 0.1) is 6.61 Å². The van der Waals surface area contributed by atoms with Gasteiger partial charge in [0, 0.05) is 14.0 Å². The molecule has 7 nitrogen and oxygen atoms in total. The second-order valence-corrected chi connectivity index (χ2v) is 3.08. The van der Waals surface area contributed by atoms with Crippen molar-refractivity contribution in [2.75, 3.05) is 13.7 Å². The standard InChI is InChI=1S/C8H17NO6/c1-4(11)9-8(14)7(13)6(12)5(3-10)15-2/h5-8,10,12-14H,3H2,1-2H3,(H,9,11). The first-order valence-corrected chi connectivity index (χ1v) is 4.39. The summed E-state index contributed by atoms with van der Waals surface area (Å²) in [5, 5.41) is 38.7. The number of aliphatic hydroxyl groups excluding tert-OH is 4. The largest absolute Gasteiger partial charge is 0.394 e. The first-order chi connectivity index (χ1) is 6.93. The van der Waals surface area contributed by atoms with E-state index in [1.54, 1.807) is 0 Å². The first-order valence-electron chi connectivity index (χ1n) is 4.39. The molecule has 0 aromatic rings. The predicted octanol–water partition coefficient (Wildman–Crippen LogP) is -2.83. The van der Waals surface area contributed by atoms with Gasteiger partial charge in [-0.3, -0.25) is 4.79 Å². The van der Waals surface area contributed by atoms with Crippen molar-refractivity contribution < 1.29 is 30.0 Å². The maximum Gasteiger partial charge on any atom is 0.218 e. The van der Waals surface area contributed by atoms with Crippen LogP contribution in [0.25, 0.3) is 0 Å². The number of hydrogen-bond donors (Lipinski definition) is 5. The molecule has 0 bridgehead atoms. The van der Waals surface area contributed by atoms with Gasteiger partial charge in [0.1, 0.15) is 18.3 Å². The number of hydrogen-bond acceptors (Lipinski definition) is 6. The zero-order valence-electron chi connectivity index (χ0n) is 8.62. The molecule has 0 radical (unpaired) electrons. The van der Waals surface area contributed by atoms with Crippen LogP contribution < -0.4 is 5.32 Å². The number of carbonyl (C=O) groups is 1. The van der Waals surface area contributed by atoms with Gasteiger partial charge in [-0.2, -0.15) is 0 Å². The van der Waals surface area contributed by atoms with Crippen molar-refractivity contribution in [3.63, 3.8) is 0 Å². The SMILES string of the molecule is COC(CO)C(O)C(O)C(O)NC(C)=O. The molecule has 4 atom stereocenters. The molecular weight excluding hydrogens is 206 g/mol. The first kappa shape index (κ1) is 14.3. The van der Waals surface area contributed by atoms with Crippen LogP contribution in [0.15, 0.2) is 0 Å². The molecule has 5 N–H and O–H groups in total. The summed E-state index contributed by atoms with van der Waals surface area (Å²) in [6.45, 7) is 0.643. The van der Waals surface area contributed by atoms with Crippen LogP contribution >= 0.6 is 0 Å². The number of nitrogens with one attached hydrogen (secondary N) is 1. The lowest BCUT2D eigenvalue weighted by Crippen LogP contribution is -2.52. The van der Waals surface area contributed by atoms with Crippen molar-refractivity contribution in [3.05, 3.63) is 0 Å². The zero-order chi connectivity index (χ0) is 12.0. The van der Waals surface area contributed by atoms with Crippen molar-refractivity contribution in [2.24, 2.45) is 0 Å². The van der Waals surface area contributed by atoms with E-state index in [-0.39, 0.29) is 0 Å². The minimum atomic E-state index is -1.63. The van der Waals surface area contributed by atoms with Crippen LogP contribution in [0.3, 0.4) is 0 Å². The van der Waals surface area contributed by atoms with Gasteiger partial charge in [-0.05, 0) is 0 Å². The van der Waals surface area contributed by atoms with Gasteiger partial charge in [0.2, 0.25) is 5.91 Å². The minimum Gasteiger partial charge on any atom is -0.394 e. The second kappa shape index (κ2) is 6.70. The van der Waals surface area contributed by atoms with Crippen LogP contribution in [0, 0.1) is 0 Å². The van der Waals surface area contributed by atoms with Crippen LogP contribution in [0.1, 0.15) is 6.92 Å². The lowest BCUT2D eigenvalue weighted by molar-refractivity contribution is -0.142. The number of rotatable bonds is 6. The Hall–Kier alpha value is -0.730. The fourth-order valence-corrected chi connectivity index (χ4v) is 1.02. The maximum atomic E-state index is 10.5. The Kier molecular flexibility index (Phi) is 6.37. The molecule has 15 heavy (non-hydrogen) atoms. The summed E-state index contributed by atoms with van der Waals surface area (Å²) in [6, 6.07) is 0. The molecule has 0 spiro atoms. The summed E-state index contributed by atoms with van der Waals surface area (Å²) < 4.78 is 4.65. The number of amides is 1. The van der Waals surface area contributed by atoms with E-state index in [1.165, 1.54) is 7.11 Å². The molecule has 0 saturated heterocycles. The summed E-state index contributed by atoms with van der Waals surface area (Å²) in [4.78, 5) is 10.5. The van der Waals surface area contributed by atoms with Crippen molar-refractivity contribution in [2.45, 2.75) is 31.5 Å². The molecule has 0 saturated carbocycles. The maximum absolute atomic E-state index is 10.5. The average molecular weight is 223 g/mol. The van der Waals surface area contributed by atoms with Gasteiger partial charge in [0.15, 0.2) is 6.23 Å². The Bertz CT molecular complexity index is 196. The molecule has 1 amide bonds. The molecule has 0 aromatic heterocycles. The highest BCUT2D eigenvalue weighted by atomic mass is 16.5. The van der Waals surface area contributed by atoms with E-state index in [2.05, 4.69) is 4.74 Å². The third-order valence-electron chi connectivity index (χ3n) is 1.89. The summed E-state index contributed by atoms with van der Waals surface area (Å²) in [5.74, 6) is -0.549. The fraction of sp³-hybridized carbons (Fsp3) is 0.875. The summed E-state index contributed by atoms with van der Waals surface area (Å²) in [7, 11) is 1.24. The normalized spacial score (nSPS) is 19.1. The number of ether oxygens (including phenoxy) is 1. The van der Waals surface area contributed by atoms with E-state index in [0.29, 0.717) is 0 Å². The lowest BCUT2D eigenvalue weighted by Gasteiger charge is -2.27. The Labute approximate surface area is 87.3 Å². The fourth-order valence-electron chi connectivity index (χ4n) is 1.02. The van der Waals surface area contributed by atoms with Gasteiger partial charge in [-0.25, -0.2) is 0 Å². The van der Waals surface area contributed by atoms with Crippen LogP contribution in [-0.4, -0.2) is 64.6 Å². The smallest absolute Gasteiger partial charge is 0.218 e. The van der Waals surface area contributed by atoms with E-state index >= 15 is 0 Å². The lowest BCUT2D eigenvalue weighted by atomic mass is 10.1. The topological polar surface area (TPSA) is 119 Å². The molecule has 0 heterocycles. The highest BCUT2D eigenvalue weighted by molar-refractivity contribution is 5.73. The Morgan fingerprint density at radius 2 is 1.87 bits per heavy atom. The van der Waals surface area contributed by atoms with Gasteiger partial charge in [0.25, 0.3) is 0 Å². The monoisotopic (exact) mass is 223 g/mol. The van der Waals surface area contributed by atoms with Crippen LogP contribution in [0.4, 0.5) is 0 Å². The van der Waals surface area contributed by atoms with Crippen LogP contribution in [-0.2, 0) is 9.53 Å². The van der Waals surface area contributed by atoms with Crippen LogP contribution in [0.2, 0.25) is 0 Å². The van der Waals surface area contributed by atoms with Crippen molar-refractivity contribution >= 4 is 5.91 Å². The number of aliphatic hydroxyl groups is 4. The summed E-state index contributed by atoms with van der Waals surface area (Å²) in [6.07, 6.45) is -5.77. The molecule has 0 fully saturated rings. The van der Waals surface area contributed by atoms with Gasteiger partial charge in [-0.15, -0.1) is 0 Å². The average Bonchev–Trinajstić information content (AvgIpc) is 2.17.